The van der Waals surface area contributed by atoms with Crippen LogP contribution in [0.3, 0.4) is 0 Å². The SMILES string of the molecule is CC1C(SC2CN(C3CCCCC3)C2)=C(C(=O)N=O)N2C(=O)C(N)(C(C)N=O)C12. The minimum absolute atomic E-state index is 0.0443. The smallest absolute Gasteiger partial charge is 0.314 e. The molecule has 1 saturated carbocycles. The highest BCUT2D eigenvalue weighted by atomic mass is 32.2. The molecule has 4 atom stereocenters. The molecule has 0 spiro atoms. The topological polar surface area (TPSA) is 126 Å². The van der Waals surface area contributed by atoms with Crippen LogP contribution < -0.4 is 5.73 Å². The lowest BCUT2D eigenvalue weighted by molar-refractivity contribution is -0.158. The van der Waals surface area contributed by atoms with Gasteiger partial charge in [0.15, 0.2) is 0 Å². The van der Waals surface area contributed by atoms with Gasteiger partial charge >= 0.3 is 5.91 Å². The first-order chi connectivity index (χ1) is 13.8. The first kappa shape index (κ1) is 20.6. The van der Waals surface area contributed by atoms with E-state index in [9.17, 15) is 19.4 Å². The molecule has 3 aliphatic heterocycles. The van der Waals surface area contributed by atoms with Crippen LogP contribution in [0.1, 0.15) is 46.0 Å². The number of hydrogen-bond acceptors (Lipinski definition) is 8. The van der Waals surface area contributed by atoms with Crippen molar-refractivity contribution in [3.8, 4) is 0 Å². The molecule has 0 bridgehead atoms. The summed E-state index contributed by atoms with van der Waals surface area (Å²) in [6, 6.07) is -0.833. The zero-order valence-corrected chi connectivity index (χ0v) is 17.6. The van der Waals surface area contributed by atoms with Crippen LogP contribution in [0.2, 0.25) is 0 Å². The van der Waals surface area contributed by atoms with E-state index in [1.807, 2.05) is 6.92 Å². The fourth-order valence-electron chi connectivity index (χ4n) is 5.36. The Bertz CT molecular complexity index is 777. The van der Waals surface area contributed by atoms with Crippen molar-refractivity contribution in [1.29, 1.82) is 0 Å². The van der Waals surface area contributed by atoms with E-state index in [1.54, 1.807) is 11.8 Å². The fourth-order valence-corrected chi connectivity index (χ4v) is 6.89. The first-order valence-electron chi connectivity index (χ1n) is 10.3. The van der Waals surface area contributed by atoms with Gasteiger partial charge in [-0.1, -0.05) is 31.4 Å². The summed E-state index contributed by atoms with van der Waals surface area (Å²) in [7, 11) is 0. The molecule has 2 saturated heterocycles. The Balaban J connectivity index is 1.52. The summed E-state index contributed by atoms with van der Waals surface area (Å²) < 4.78 is 0. The third-order valence-corrected chi connectivity index (χ3v) is 8.56. The predicted octanol–water partition coefficient (Wildman–Crippen LogP) is 1.95. The van der Waals surface area contributed by atoms with Crippen molar-refractivity contribution < 1.29 is 9.59 Å². The number of fused-ring (bicyclic) bond motifs is 1. The fraction of sp³-hybridized carbons (Fsp3) is 0.789. The molecule has 4 aliphatic rings. The second kappa shape index (κ2) is 7.55. The highest BCUT2D eigenvalue weighted by molar-refractivity contribution is 8.03. The normalized spacial score (nSPS) is 34.4. The Morgan fingerprint density at radius 2 is 1.90 bits per heavy atom. The number of hydrogen-bond donors (Lipinski definition) is 1. The molecule has 1 aliphatic carbocycles. The van der Waals surface area contributed by atoms with Gasteiger partial charge in [-0.05, 0) is 19.8 Å². The summed E-state index contributed by atoms with van der Waals surface area (Å²) in [6.07, 6.45) is 6.37. The molecule has 0 radical (unpaired) electrons. The number of rotatable bonds is 6. The van der Waals surface area contributed by atoms with Crippen LogP contribution in [0.4, 0.5) is 0 Å². The molecule has 158 valence electrons. The molecule has 4 rings (SSSR count). The van der Waals surface area contributed by atoms with E-state index in [0.29, 0.717) is 16.2 Å². The minimum Gasteiger partial charge on any atom is -0.314 e. The standard InChI is InChI=1S/C19H27N5O4S/c1-10-15(29-13-8-23(9-13)12-6-4-3-5-7-12)14(17(25)22-28)24-16(10)19(20,18(24)26)11(2)21-27/h10-13,16H,3-9,20H2,1-2H3. The van der Waals surface area contributed by atoms with Gasteiger partial charge in [0.05, 0.1) is 6.04 Å². The molecular formula is C19H27N5O4S. The molecule has 9 nitrogen and oxygen atoms in total. The summed E-state index contributed by atoms with van der Waals surface area (Å²) in [5, 5.41) is 5.84. The van der Waals surface area contributed by atoms with Crippen LogP contribution in [-0.4, -0.2) is 63.6 Å². The highest BCUT2D eigenvalue weighted by Crippen LogP contribution is 2.53. The van der Waals surface area contributed by atoms with Gasteiger partial charge in [0.2, 0.25) is 0 Å². The molecule has 29 heavy (non-hydrogen) atoms. The van der Waals surface area contributed by atoms with Crippen molar-refractivity contribution in [1.82, 2.24) is 9.80 Å². The summed E-state index contributed by atoms with van der Waals surface area (Å²) in [6.45, 7) is 5.25. The molecule has 0 aromatic rings. The molecule has 4 unspecified atom stereocenters. The molecule has 3 heterocycles. The summed E-state index contributed by atoms with van der Waals surface area (Å²) >= 11 is 1.55. The van der Waals surface area contributed by atoms with E-state index in [4.69, 9.17) is 5.73 Å². The van der Waals surface area contributed by atoms with Gasteiger partial charge in [-0.15, -0.1) is 16.7 Å². The lowest BCUT2D eigenvalue weighted by Crippen LogP contribution is -2.81. The lowest BCUT2D eigenvalue weighted by atomic mass is 9.71. The van der Waals surface area contributed by atoms with Gasteiger partial charge in [0.25, 0.3) is 5.91 Å². The minimum atomic E-state index is -1.45. The summed E-state index contributed by atoms with van der Waals surface area (Å²) in [4.78, 5) is 51.6. The average molecular weight is 422 g/mol. The number of nitroso groups, excluding NO2 is 2. The summed E-state index contributed by atoms with van der Waals surface area (Å²) in [5.74, 6) is -1.75. The van der Waals surface area contributed by atoms with Gasteiger partial charge in [-0.3, -0.25) is 19.4 Å². The number of nitrogens with two attached hydrogens (primary N) is 1. The molecular weight excluding hydrogens is 394 g/mol. The number of carbonyl (C=O) groups excluding carboxylic acids is 2. The average Bonchev–Trinajstić information content (AvgIpc) is 2.98. The van der Waals surface area contributed by atoms with E-state index in [0.717, 1.165) is 13.1 Å². The maximum atomic E-state index is 12.8. The molecule has 0 aromatic heterocycles. The molecule has 2 N–H and O–H groups in total. The van der Waals surface area contributed by atoms with Crippen LogP contribution in [0.25, 0.3) is 0 Å². The van der Waals surface area contributed by atoms with Crippen molar-refractivity contribution in [2.45, 2.75) is 74.9 Å². The Kier molecular flexibility index (Phi) is 5.37. The van der Waals surface area contributed by atoms with Crippen LogP contribution >= 0.6 is 11.8 Å². The Morgan fingerprint density at radius 1 is 1.24 bits per heavy atom. The predicted molar refractivity (Wildman–Crippen MR) is 110 cm³/mol. The van der Waals surface area contributed by atoms with E-state index in [1.165, 1.54) is 43.9 Å². The monoisotopic (exact) mass is 421 g/mol. The number of amides is 2. The Morgan fingerprint density at radius 3 is 2.48 bits per heavy atom. The third kappa shape index (κ3) is 2.98. The maximum Gasteiger partial charge on any atom is 0.333 e. The quantitative estimate of drug-likeness (QED) is 0.513. The van der Waals surface area contributed by atoms with Crippen LogP contribution in [0, 0.1) is 15.7 Å². The van der Waals surface area contributed by atoms with Gasteiger partial charge in [-0.25, -0.2) is 0 Å². The highest BCUT2D eigenvalue weighted by Gasteiger charge is 2.69. The molecule has 10 heteroatoms. The van der Waals surface area contributed by atoms with Crippen LogP contribution in [0.15, 0.2) is 21.0 Å². The van der Waals surface area contributed by atoms with Crippen molar-refractivity contribution in [2.75, 3.05) is 13.1 Å². The zero-order valence-electron chi connectivity index (χ0n) is 16.7. The number of nitrogens with zero attached hydrogens (tertiary/aromatic N) is 4. The molecule has 0 aromatic carbocycles. The summed E-state index contributed by atoms with van der Waals surface area (Å²) in [5.41, 5.74) is 4.88. The van der Waals surface area contributed by atoms with Crippen LogP contribution in [0.5, 0.6) is 0 Å². The number of thioether (sulfide) groups is 1. The van der Waals surface area contributed by atoms with Gasteiger partial charge in [-0.2, -0.15) is 4.91 Å². The number of carbonyl (C=O) groups is 2. The zero-order chi connectivity index (χ0) is 20.9. The molecule has 3 fully saturated rings. The second-order valence-electron chi connectivity index (χ2n) is 8.72. The van der Waals surface area contributed by atoms with Crippen molar-refractivity contribution in [2.24, 2.45) is 22.0 Å². The first-order valence-corrected chi connectivity index (χ1v) is 11.2. The van der Waals surface area contributed by atoms with E-state index in [-0.39, 0.29) is 11.6 Å². The number of β-lactam (4-membered cyclic amide) rings is 1. The number of likely N-dealkylation sites (tertiary alicyclic amines) is 1. The third-order valence-electron chi connectivity index (χ3n) is 7.11. The Hall–Kier alpha value is -1.65. The lowest BCUT2D eigenvalue weighted by Gasteiger charge is -2.53. The van der Waals surface area contributed by atoms with E-state index >= 15 is 0 Å². The molecule has 2 amide bonds. The van der Waals surface area contributed by atoms with Crippen molar-refractivity contribution >= 4 is 23.6 Å². The second-order valence-corrected chi connectivity index (χ2v) is 10.1. The van der Waals surface area contributed by atoms with Crippen molar-refractivity contribution in [3.63, 3.8) is 0 Å². The van der Waals surface area contributed by atoms with Crippen LogP contribution in [-0.2, 0) is 9.59 Å². The largest absolute Gasteiger partial charge is 0.333 e. The van der Waals surface area contributed by atoms with Crippen molar-refractivity contribution in [3.05, 3.63) is 20.4 Å². The Labute approximate surface area is 173 Å². The van der Waals surface area contributed by atoms with Gasteiger partial charge < -0.3 is 5.73 Å². The van der Waals surface area contributed by atoms with E-state index in [2.05, 4.69) is 15.3 Å². The van der Waals surface area contributed by atoms with Gasteiger partial charge in [0, 0.05) is 40.4 Å². The van der Waals surface area contributed by atoms with Gasteiger partial charge in [0.1, 0.15) is 17.3 Å². The maximum absolute atomic E-state index is 12.8. The van der Waals surface area contributed by atoms with E-state index < -0.39 is 29.4 Å².